The number of nitrogens with one attached hydrogen (secondary N) is 2. The van der Waals surface area contributed by atoms with Crippen LogP contribution in [0.1, 0.15) is 233 Å². The first-order valence-electron chi connectivity index (χ1n) is 21.3. The summed E-state index contributed by atoms with van der Waals surface area (Å²) in [6.07, 6.45) is 45.7. The standard InChI is InChI=1S/2C20H43N.CH5AsO3/c2*1-3-5-7-9-11-12-13-14-16-18-20-21-19-17-15-10-8-6-4-2;1-2(3,4)5/h2*21H,3-20H2,1-2H3;1H3,(H2,3,4,5). The van der Waals surface area contributed by atoms with Crippen molar-refractivity contribution >= 4 is 14.2 Å². The second-order valence-corrected chi connectivity index (χ2v) is 17.7. The molecule has 0 radical (unpaired) electrons. The predicted molar refractivity (Wildman–Crippen MR) is 213 cm³/mol. The van der Waals surface area contributed by atoms with Gasteiger partial charge in [-0.1, -0.05) is 207 Å². The number of rotatable bonds is 36. The van der Waals surface area contributed by atoms with Gasteiger partial charge in [0, 0.05) is 0 Å². The molecular formula is C41H91AsN2O3. The van der Waals surface area contributed by atoms with Gasteiger partial charge in [0.05, 0.1) is 0 Å². The monoisotopic (exact) mass is 735 g/mol. The Morgan fingerprint density at radius 3 is 0.596 bits per heavy atom. The minimum absolute atomic E-state index is 0.915. The molecule has 288 valence electrons. The summed E-state index contributed by atoms with van der Waals surface area (Å²) in [6, 6.07) is 0. The van der Waals surface area contributed by atoms with Gasteiger partial charge in [0.15, 0.2) is 0 Å². The van der Waals surface area contributed by atoms with Crippen molar-refractivity contribution in [1.29, 1.82) is 0 Å². The average molecular weight is 735 g/mol. The molecule has 0 saturated carbocycles. The van der Waals surface area contributed by atoms with Crippen LogP contribution in [-0.2, 0) is 3.74 Å². The van der Waals surface area contributed by atoms with E-state index in [1.807, 2.05) is 0 Å². The van der Waals surface area contributed by atoms with E-state index in [0.29, 0.717) is 0 Å². The van der Waals surface area contributed by atoms with Crippen molar-refractivity contribution in [1.82, 2.24) is 10.6 Å². The number of hydrogen-bond acceptors (Lipinski definition) is 3. The molecular weight excluding hydrogens is 643 g/mol. The van der Waals surface area contributed by atoms with Gasteiger partial charge in [-0.05, 0) is 51.9 Å². The summed E-state index contributed by atoms with van der Waals surface area (Å²) in [5.74, 6) is 0. The van der Waals surface area contributed by atoms with Crippen molar-refractivity contribution in [2.75, 3.05) is 26.2 Å². The van der Waals surface area contributed by atoms with Gasteiger partial charge in [-0.25, -0.2) is 0 Å². The van der Waals surface area contributed by atoms with Crippen molar-refractivity contribution < 1.29 is 11.9 Å². The van der Waals surface area contributed by atoms with Crippen molar-refractivity contribution in [3.8, 4) is 0 Å². The molecule has 47 heavy (non-hydrogen) atoms. The SMILES string of the molecule is CCCCCCCCCCCCNCCCCCCCC.CCCCCCCCCCCCNCCCCCCCC.C[As](=O)(O)O. The topological polar surface area (TPSA) is 81.6 Å². The van der Waals surface area contributed by atoms with Gasteiger partial charge in [-0.2, -0.15) is 0 Å². The molecule has 0 atom stereocenters. The van der Waals surface area contributed by atoms with E-state index in [2.05, 4.69) is 38.3 Å². The fraction of sp³-hybridized carbons (Fsp3) is 1.00. The van der Waals surface area contributed by atoms with Crippen LogP contribution in [0.4, 0.5) is 0 Å². The summed E-state index contributed by atoms with van der Waals surface area (Å²) in [5.41, 5.74) is 0.915. The second-order valence-electron chi connectivity index (χ2n) is 14.2. The van der Waals surface area contributed by atoms with E-state index in [0.717, 1.165) is 5.71 Å². The molecule has 5 nitrogen and oxygen atoms in total. The number of unbranched alkanes of at least 4 members (excludes halogenated alkanes) is 28. The molecule has 6 heteroatoms. The van der Waals surface area contributed by atoms with Gasteiger partial charge in [-0.3, -0.25) is 0 Å². The van der Waals surface area contributed by atoms with Crippen LogP contribution in [-0.4, -0.2) is 48.5 Å². The van der Waals surface area contributed by atoms with Gasteiger partial charge in [0.2, 0.25) is 0 Å². The average Bonchev–Trinajstić information content (AvgIpc) is 3.03. The summed E-state index contributed by atoms with van der Waals surface area (Å²) >= 11 is -4.12. The molecule has 4 N–H and O–H groups in total. The molecule has 0 aliphatic carbocycles. The van der Waals surface area contributed by atoms with Crippen molar-refractivity contribution in [2.24, 2.45) is 0 Å². The van der Waals surface area contributed by atoms with Crippen molar-refractivity contribution in [2.45, 2.75) is 239 Å². The van der Waals surface area contributed by atoms with E-state index < -0.39 is 14.2 Å². The van der Waals surface area contributed by atoms with E-state index >= 15 is 0 Å². The summed E-state index contributed by atoms with van der Waals surface area (Å²) in [6.45, 7) is 14.1. The predicted octanol–water partition coefficient (Wildman–Crippen LogP) is 12.7. The maximum absolute atomic E-state index is 9.39. The molecule has 0 fully saturated rings. The first-order chi connectivity index (χ1) is 22.8. The normalized spacial score (nSPS) is 11.2. The zero-order chi connectivity index (χ0) is 35.4. The molecule has 0 saturated heterocycles. The zero-order valence-corrected chi connectivity index (χ0v) is 35.1. The quantitative estimate of drug-likeness (QED) is 0.0381. The fourth-order valence-electron chi connectivity index (χ4n) is 5.79. The molecule has 0 spiro atoms. The Bertz CT molecular complexity index is 477. The van der Waals surface area contributed by atoms with Crippen LogP contribution in [0.3, 0.4) is 0 Å². The Balaban J connectivity index is -0.000000719. The first-order valence-corrected chi connectivity index (χ1v) is 25.6. The van der Waals surface area contributed by atoms with Crippen LogP contribution in [0.25, 0.3) is 0 Å². The van der Waals surface area contributed by atoms with Crippen LogP contribution < -0.4 is 10.6 Å². The molecule has 0 aromatic carbocycles. The Hall–Kier alpha value is 0.198. The van der Waals surface area contributed by atoms with E-state index in [9.17, 15) is 3.74 Å². The van der Waals surface area contributed by atoms with Crippen LogP contribution in [0.5, 0.6) is 0 Å². The molecule has 0 amide bonds. The summed E-state index contributed by atoms with van der Waals surface area (Å²) in [7, 11) is 0. The van der Waals surface area contributed by atoms with Gasteiger partial charge in [0.25, 0.3) is 0 Å². The second kappa shape index (κ2) is 48.3. The Labute approximate surface area is 300 Å². The molecule has 0 bridgehead atoms. The Kier molecular flexibility index (Phi) is 53.0. The van der Waals surface area contributed by atoms with Gasteiger partial charge >= 0.3 is 31.8 Å². The third kappa shape index (κ3) is 68.9. The summed E-state index contributed by atoms with van der Waals surface area (Å²) in [4.78, 5) is 0. The molecule has 0 aromatic heterocycles. The third-order valence-electron chi connectivity index (χ3n) is 8.83. The van der Waals surface area contributed by atoms with Crippen molar-refractivity contribution in [3.05, 3.63) is 0 Å². The van der Waals surface area contributed by atoms with E-state index in [1.165, 1.54) is 232 Å². The first kappa shape index (κ1) is 51.6. The molecule has 0 aliphatic rings. The van der Waals surface area contributed by atoms with Crippen molar-refractivity contribution in [3.63, 3.8) is 0 Å². The summed E-state index contributed by atoms with van der Waals surface area (Å²) < 4.78 is 24.8. The maximum atomic E-state index is 9.39. The van der Waals surface area contributed by atoms with Gasteiger partial charge < -0.3 is 10.6 Å². The van der Waals surface area contributed by atoms with Crippen LogP contribution in [0.15, 0.2) is 0 Å². The molecule has 0 aromatic rings. The van der Waals surface area contributed by atoms with Gasteiger partial charge in [-0.15, -0.1) is 0 Å². The summed E-state index contributed by atoms with van der Waals surface area (Å²) in [5, 5.41) is 7.20. The molecule has 0 rings (SSSR count). The Morgan fingerprint density at radius 1 is 0.319 bits per heavy atom. The van der Waals surface area contributed by atoms with Crippen LogP contribution in [0, 0.1) is 0 Å². The molecule has 0 aliphatic heterocycles. The Morgan fingerprint density at radius 2 is 0.447 bits per heavy atom. The number of hydrogen-bond donors (Lipinski definition) is 4. The zero-order valence-electron chi connectivity index (χ0n) is 33.2. The van der Waals surface area contributed by atoms with Crippen LogP contribution >= 0.6 is 0 Å². The van der Waals surface area contributed by atoms with Gasteiger partial charge in [0.1, 0.15) is 0 Å². The fourth-order valence-corrected chi connectivity index (χ4v) is 5.79. The van der Waals surface area contributed by atoms with E-state index in [-0.39, 0.29) is 0 Å². The van der Waals surface area contributed by atoms with E-state index in [4.69, 9.17) is 8.19 Å². The molecule has 0 unspecified atom stereocenters. The van der Waals surface area contributed by atoms with Crippen LogP contribution in [0.2, 0.25) is 5.71 Å². The van der Waals surface area contributed by atoms with E-state index in [1.54, 1.807) is 0 Å². The molecule has 0 heterocycles. The minimum atomic E-state index is -4.12. The third-order valence-corrected chi connectivity index (χ3v) is 8.83.